The van der Waals surface area contributed by atoms with E-state index in [0.29, 0.717) is 0 Å². The van der Waals surface area contributed by atoms with Crippen molar-refractivity contribution in [2.24, 2.45) is 0 Å². The van der Waals surface area contributed by atoms with Crippen LogP contribution in [-0.4, -0.2) is 25.5 Å². The van der Waals surface area contributed by atoms with Crippen LogP contribution in [0.3, 0.4) is 0 Å². The van der Waals surface area contributed by atoms with Crippen molar-refractivity contribution in [3.8, 4) is 5.75 Å². The average molecular weight is 525 g/mol. The zero-order valence-corrected chi connectivity index (χ0v) is 22.2. The average Bonchev–Trinajstić information content (AvgIpc) is 2.83. The third-order valence-corrected chi connectivity index (χ3v) is 11.7. The first-order valence-electron chi connectivity index (χ1n) is 11.1. The minimum atomic E-state index is -2.13. The molecule has 2 heteroatoms. The fourth-order valence-corrected chi connectivity index (χ4v) is 7.34. The summed E-state index contributed by atoms with van der Waals surface area (Å²) >= 11 is -2.13. The van der Waals surface area contributed by atoms with E-state index in [1.165, 1.54) is 33.4 Å². The Morgan fingerprint density at radius 2 is 0.875 bits per heavy atom. The van der Waals surface area contributed by atoms with Crippen molar-refractivity contribution in [3.63, 3.8) is 0 Å². The molecule has 0 aliphatic rings. The summed E-state index contributed by atoms with van der Waals surface area (Å²) in [5.41, 5.74) is 7.31. The van der Waals surface area contributed by atoms with Crippen molar-refractivity contribution < 1.29 is 4.74 Å². The molecule has 0 saturated carbocycles. The third-order valence-electron chi connectivity index (χ3n) is 5.79. The molecule has 0 aromatic heterocycles. The molecular formula is C30H30OSn. The maximum atomic E-state index is 5.42. The van der Waals surface area contributed by atoms with Gasteiger partial charge in [0.1, 0.15) is 0 Å². The molecule has 32 heavy (non-hydrogen) atoms. The summed E-state index contributed by atoms with van der Waals surface area (Å²) < 4.78 is 6.96. The first-order valence-corrected chi connectivity index (χ1v) is 21.1. The second-order valence-electron chi connectivity index (χ2n) is 9.04. The molecule has 0 N–H and O–H groups in total. The molecule has 160 valence electrons. The van der Waals surface area contributed by atoms with Crippen LogP contribution in [0.25, 0.3) is 11.1 Å². The van der Waals surface area contributed by atoms with E-state index in [4.69, 9.17) is 4.74 Å². The summed E-state index contributed by atoms with van der Waals surface area (Å²) in [7, 11) is 1.71. The van der Waals surface area contributed by atoms with E-state index >= 15 is 0 Å². The molecule has 0 spiro atoms. The molecule has 0 radical (unpaired) electrons. The van der Waals surface area contributed by atoms with Crippen LogP contribution in [0.1, 0.15) is 22.3 Å². The van der Waals surface area contributed by atoms with Crippen molar-refractivity contribution in [3.05, 3.63) is 131 Å². The Hall–Kier alpha value is -2.78. The molecule has 4 aromatic carbocycles. The standard InChI is InChI=1S/C27H21O.3CH3.Sn/c1-28-25-19-17-24(18-20-25)27(23-15-9-4-10-16-23)26(21-11-5-2-6-12-21)22-13-7-3-8-14-22;;;;/h2,4-20H,1H3;3*1H3;/b27-26+;;;;. The molecule has 0 atom stereocenters. The molecule has 0 fully saturated rings. The molecule has 0 aliphatic heterocycles. The molecule has 0 unspecified atom stereocenters. The summed E-state index contributed by atoms with van der Waals surface area (Å²) in [5.74, 6) is 0.865. The topological polar surface area (TPSA) is 9.23 Å². The molecule has 0 bridgehead atoms. The van der Waals surface area contributed by atoms with Crippen LogP contribution in [-0.2, 0) is 0 Å². The number of hydrogen-bond acceptors (Lipinski definition) is 1. The molecule has 0 aliphatic carbocycles. The number of benzene rings is 4. The Morgan fingerprint density at radius 1 is 0.500 bits per heavy atom. The Labute approximate surface area is 196 Å². The van der Waals surface area contributed by atoms with Crippen LogP contribution >= 0.6 is 0 Å². The van der Waals surface area contributed by atoms with Gasteiger partial charge in [-0.15, -0.1) is 0 Å². The Bertz CT molecular complexity index is 1180. The summed E-state index contributed by atoms with van der Waals surface area (Å²) in [4.78, 5) is 7.39. The fraction of sp³-hybridized carbons (Fsp3) is 0.133. The maximum absolute atomic E-state index is 5.42. The van der Waals surface area contributed by atoms with Crippen molar-refractivity contribution in [2.45, 2.75) is 14.8 Å². The Kier molecular flexibility index (Phi) is 6.85. The molecule has 0 amide bonds. The van der Waals surface area contributed by atoms with E-state index in [1.807, 2.05) is 12.1 Å². The summed E-state index contributed by atoms with van der Waals surface area (Å²) in [6.45, 7) is 0. The van der Waals surface area contributed by atoms with Gasteiger partial charge >= 0.3 is 197 Å². The van der Waals surface area contributed by atoms with Crippen LogP contribution in [0, 0.1) is 0 Å². The second-order valence-corrected chi connectivity index (χ2v) is 23.5. The van der Waals surface area contributed by atoms with Crippen molar-refractivity contribution in [2.75, 3.05) is 7.11 Å². The Balaban J connectivity index is 2.02. The van der Waals surface area contributed by atoms with Crippen LogP contribution in [0.4, 0.5) is 0 Å². The zero-order chi connectivity index (χ0) is 22.6. The van der Waals surface area contributed by atoms with Gasteiger partial charge in [-0.1, -0.05) is 0 Å². The second kappa shape index (κ2) is 9.79. The number of hydrogen-bond donors (Lipinski definition) is 0. The van der Waals surface area contributed by atoms with Gasteiger partial charge < -0.3 is 0 Å². The first-order chi connectivity index (χ1) is 15.5. The van der Waals surface area contributed by atoms with E-state index in [0.717, 1.165) is 5.75 Å². The summed E-state index contributed by atoms with van der Waals surface area (Å²) in [6.07, 6.45) is 0. The molecular weight excluding hydrogens is 495 g/mol. The van der Waals surface area contributed by atoms with Crippen LogP contribution in [0.15, 0.2) is 109 Å². The zero-order valence-electron chi connectivity index (χ0n) is 19.3. The first kappa shape index (κ1) is 22.4. The predicted octanol–water partition coefficient (Wildman–Crippen LogP) is 7.25. The van der Waals surface area contributed by atoms with Crippen molar-refractivity contribution in [1.82, 2.24) is 0 Å². The minimum absolute atomic E-state index is 0.865. The quantitative estimate of drug-likeness (QED) is 0.191. The van der Waals surface area contributed by atoms with E-state index in [9.17, 15) is 0 Å². The van der Waals surface area contributed by atoms with Gasteiger partial charge in [0.2, 0.25) is 0 Å². The van der Waals surface area contributed by atoms with Gasteiger partial charge in [0.05, 0.1) is 0 Å². The molecule has 4 rings (SSSR count). The summed E-state index contributed by atoms with van der Waals surface area (Å²) in [5, 5.41) is 0. The van der Waals surface area contributed by atoms with Gasteiger partial charge in [-0.25, -0.2) is 0 Å². The van der Waals surface area contributed by atoms with Crippen molar-refractivity contribution in [1.29, 1.82) is 0 Å². The van der Waals surface area contributed by atoms with Gasteiger partial charge in [0.25, 0.3) is 0 Å². The molecule has 0 saturated heterocycles. The third kappa shape index (κ3) is 4.99. The molecule has 4 aromatic rings. The fourth-order valence-electron chi connectivity index (χ4n) is 4.01. The van der Waals surface area contributed by atoms with Crippen LogP contribution in [0.5, 0.6) is 5.75 Å². The summed E-state index contributed by atoms with van der Waals surface area (Å²) in [6, 6.07) is 39.1. The van der Waals surface area contributed by atoms with Gasteiger partial charge in [-0.05, 0) is 0 Å². The van der Waals surface area contributed by atoms with Gasteiger partial charge in [0, 0.05) is 0 Å². The normalized spacial score (nSPS) is 12.2. The SMILES string of the molecule is COc1ccc(/C(=C(\c2ccccc2)c2cc[c]([Sn]([CH3])([CH3])[CH3])cc2)c2ccccc2)cc1. The van der Waals surface area contributed by atoms with Gasteiger partial charge in [0.15, 0.2) is 0 Å². The number of rotatable bonds is 6. The van der Waals surface area contributed by atoms with Crippen molar-refractivity contribution >= 4 is 33.1 Å². The van der Waals surface area contributed by atoms with E-state index in [1.54, 1.807) is 10.7 Å². The van der Waals surface area contributed by atoms with Crippen LogP contribution < -0.4 is 8.32 Å². The number of ether oxygens (including phenoxy) is 1. The van der Waals surface area contributed by atoms with E-state index < -0.39 is 18.4 Å². The molecule has 1 nitrogen and oxygen atoms in total. The van der Waals surface area contributed by atoms with E-state index in [2.05, 4.69) is 112 Å². The van der Waals surface area contributed by atoms with Gasteiger partial charge in [-0.3, -0.25) is 0 Å². The monoisotopic (exact) mass is 526 g/mol. The van der Waals surface area contributed by atoms with E-state index in [-0.39, 0.29) is 0 Å². The number of methoxy groups -OCH3 is 1. The van der Waals surface area contributed by atoms with Gasteiger partial charge in [-0.2, -0.15) is 0 Å². The predicted molar refractivity (Wildman–Crippen MR) is 140 cm³/mol. The van der Waals surface area contributed by atoms with Crippen LogP contribution in [0.2, 0.25) is 14.8 Å². The Morgan fingerprint density at radius 3 is 1.25 bits per heavy atom. The molecule has 0 heterocycles.